The summed E-state index contributed by atoms with van der Waals surface area (Å²) in [6, 6.07) is 6.68. The number of benzene rings is 1. The summed E-state index contributed by atoms with van der Waals surface area (Å²) in [5.74, 6) is 0.861. The van der Waals surface area contributed by atoms with Gasteiger partial charge < -0.3 is 24.6 Å². The van der Waals surface area contributed by atoms with Crippen LogP contribution in [0.1, 0.15) is 33.6 Å². The average molecular weight is 525 g/mol. The molecule has 1 saturated heterocycles. The zero-order valence-corrected chi connectivity index (χ0v) is 22.1. The number of rotatable bonds is 8. The van der Waals surface area contributed by atoms with Crippen LogP contribution in [0.4, 0.5) is 26.2 Å². The molecular formula is C28H34F2N6O2. The number of ether oxygens (including phenoxy) is 2. The molecule has 202 valence electrons. The molecule has 0 radical (unpaired) electrons. The molecule has 5 rings (SSSR count). The van der Waals surface area contributed by atoms with Crippen LogP contribution in [-0.2, 0) is 0 Å². The monoisotopic (exact) mass is 524 g/mol. The standard InChI is InChI=1S/C28H34F2N6O2/c1-4-35-9-7-19(8-10-35)17-38-21-5-6-25(31-15-21)33-28-32-16-23(30)26(34-28)20-13-22(29)27-24(14-20)36(18(2)3)11-12-37-27/h5-6,13-16,18-19H,4,7-12,17H2,1-3H3,(H,31,32,33,34). The van der Waals surface area contributed by atoms with Crippen molar-refractivity contribution in [2.45, 2.75) is 39.7 Å². The third-order valence-corrected chi connectivity index (χ3v) is 7.17. The fourth-order valence-electron chi connectivity index (χ4n) is 4.94. The van der Waals surface area contributed by atoms with Gasteiger partial charge in [-0.15, -0.1) is 0 Å². The number of halogens is 2. The normalized spacial score (nSPS) is 16.3. The molecular weight excluding hydrogens is 490 g/mol. The smallest absolute Gasteiger partial charge is 0.229 e. The van der Waals surface area contributed by atoms with Crippen LogP contribution in [0.3, 0.4) is 0 Å². The largest absolute Gasteiger partial charge is 0.492 e. The molecule has 2 aromatic heterocycles. The molecule has 0 aliphatic carbocycles. The summed E-state index contributed by atoms with van der Waals surface area (Å²) in [4.78, 5) is 17.3. The van der Waals surface area contributed by atoms with E-state index in [9.17, 15) is 8.78 Å². The number of piperidine rings is 1. The van der Waals surface area contributed by atoms with Crippen molar-refractivity contribution < 1.29 is 18.3 Å². The van der Waals surface area contributed by atoms with Gasteiger partial charge in [0.05, 0.1) is 31.2 Å². The highest BCUT2D eigenvalue weighted by molar-refractivity contribution is 5.73. The number of pyridine rings is 1. The van der Waals surface area contributed by atoms with Gasteiger partial charge in [0.2, 0.25) is 5.95 Å². The third kappa shape index (κ3) is 5.80. The van der Waals surface area contributed by atoms with E-state index < -0.39 is 11.6 Å². The first-order valence-electron chi connectivity index (χ1n) is 13.3. The third-order valence-electron chi connectivity index (χ3n) is 7.17. The number of hydrogen-bond acceptors (Lipinski definition) is 8. The van der Waals surface area contributed by atoms with Crippen molar-refractivity contribution in [3.8, 4) is 22.8 Å². The van der Waals surface area contributed by atoms with Crippen molar-refractivity contribution in [2.24, 2.45) is 5.92 Å². The first kappa shape index (κ1) is 26.1. The van der Waals surface area contributed by atoms with Crippen LogP contribution in [0, 0.1) is 17.6 Å². The minimum atomic E-state index is -0.649. The first-order chi connectivity index (χ1) is 18.4. The van der Waals surface area contributed by atoms with Crippen LogP contribution in [0.5, 0.6) is 11.5 Å². The lowest BCUT2D eigenvalue weighted by atomic mass is 9.98. The zero-order valence-electron chi connectivity index (χ0n) is 22.1. The topological polar surface area (TPSA) is 75.6 Å². The molecule has 0 unspecified atom stereocenters. The van der Waals surface area contributed by atoms with Crippen LogP contribution in [-0.4, -0.2) is 65.3 Å². The quantitative estimate of drug-likeness (QED) is 0.427. The molecule has 8 nitrogen and oxygen atoms in total. The predicted octanol–water partition coefficient (Wildman–Crippen LogP) is 5.28. The highest BCUT2D eigenvalue weighted by atomic mass is 19.1. The van der Waals surface area contributed by atoms with Crippen molar-refractivity contribution in [1.82, 2.24) is 19.9 Å². The Kier molecular flexibility index (Phi) is 7.87. The van der Waals surface area contributed by atoms with E-state index in [-0.39, 0.29) is 23.4 Å². The van der Waals surface area contributed by atoms with Crippen LogP contribution in [0.2, 0.25) is 0 Å². The number of nitrogens with zero attached hydrogens (tertiary/aromatic N) is 5. The molecule has 0 spiro atoms. The van der Waals surface area contributed by atoms with E-state index in [1.54, 1.807) is 18.3 Å². The van der Waals surface area contributed by atoms with Gasteiger partial charge in [-0.3, -0.25) is 0 Å². The molecule has 0 bridgehead atoms. The highest BCUT2D eigenvalue weighted by Gasteiger charge is 2.26. The Balaban J connectivity index is 1.28. The molecule has 0 saturated carbocycles. The van der Waals surface area contributed by atoms with Crippen molar-refractivity contribution in [3.63, 3.8) is 0 Å². The maximum absolute atomic E-state index is 14.9. The molecule has 4 heterocycles. The van der Waals surface area contributed by atoms with Crippen molar-refractivity contribution >= 4 is 17.5 Å². The highest BCUT2D eigenvalue weighted by Crippen LogP contribution is 2.39. The van der Waals surface area contributed by atoms with Gasteiger partial charge in [-0.25, -0.2) is 23.7 Å². The van der Waals surface area contributed by atoms with Gasteiger partial charge in [-0.2, -0.15) is 0 Å². The van der Waals surface area contributed by atoms with E-state index in [0.29, 0.717) is 48.5 Å². The Labute approximate surface area is 222 Å². The molecule has 10 heteroatoms. The second-order valence-electron chi connectivity index (χ2n) is 10.0. The molecule has 3 aromatic rings. The Morgan fingerprint density at radius 1 is 1.08 bits per heavy atom. The lowest BCUT2D eigenvalue weighted by Gasteiger charge is -2.34. The molecule has 1 fully saturated rings. The van der Waals surface area contributed by atoms with E-state index in [1.807, 2.05) is 24.8 Å². The van der Waals surface area contributed by atoms with Gasteiger partial charge >= 0.3 is 0 Å². The van der Waals surface area contributed by atoms with Gasteiger partial charge in [0, 0.05) is 11.6 Å². The van der Waals surface area contributed by atoms with Crippen molar-refractivity contribution in [1.29, 1.82) is 0 Å². The van der Waals surface area contributed by atoms with Gasteiger partial charge in [0.15, 0.2) is 17.4 Å². The molecule has 0 atom stereocenters. The Morgan fingerprint density at radius 3 is 2.61 bits per heavy atom. The van der Waals surface area contributed by atoms with Gasteiger partial charge in [-0.05, 0) is 76.5 Å². The van der Waals surface area contributed by atoms with Crippen molar-refractivity contribution in [3.05, 3.63) is 48.3 Å². The van der Waals surface area contributed by atoms with Crippen LogP contribution >= 0.6 is 0 Å². The van der Waals surface area contributed by atoms with E-state index in [2.05, 4.69) is 32.1 Å². The Bertz CT molecular complexity index is 1250. The van der Waals surface area contributed by atoms with Crippen LogP contribution in [0.15, 0.2) is 36.7 Å². The lowest BCUT2D eigenvalue weighted by molar-refractivity contribution is 0.145. The van der Waals surface area contributed by atoms with E-state index >= 15 is 0 Å². The fraction of sp³-hybridized carbons (Fsp3) is 0.464. The van der Waals surface area contributed by atoms with Gasteiger partial charge in [-0.1, -0.05) is 6.92 Å². The molecule has 1 N–H and O–H groups in total. The first-order valence-corrected chi connectivity index (χ1v) is 13.3. The van der Waals surface area contributed by atoms with Crippen molar-refractivity contribution in [2.75, 3.05) is 49.6 Å². The Morgan fingerprint density at radius 2 is 1.89 bits per heavy atom. The molecule has 2 aliphatic rings. The molecule has 1 aromatic carbocycles. The summed E-state index contributed by atoms with van der Waals surface area (Å²) >= 11 is 0. The molecule has 38 heavy (non-hydrogen) atoms. The number of fused-ring (bicyclic) bond motifs is 1. The lowest BCUT2D eigenvalue weighted by Crippen LogP contribution is -2.38. The summed E-state index contributed by atoms with van der Waals surface area (Å²) in [5.41, 5.74) is 0.885. The second-order valence-corrected chi connectivity index (χ2v) is 10.0. The molecule has 2 aliphatic heterocycles. The minimum absolute atomic E-state index is 0.00689. The SMILES string of the molecule is CCN1CCC(COc2ccc(Nc3ncc(F)c(-c4cc(F)c5c(c4)N(C(C)C)CCO5)n3)nc2)CC1. The van der Waals surface area contributed by atoms with E-state index in [0.717, 1.165) is 38.7 Å². The van der Waals surface area contributed by atoms with Crippen LogP contribution < -0.4 is 19.7 Å². The summed E-state index contributed by atoms with van der Waals surface area (Å²) < 4.78 is 41.2. The number of nitrogens with one attached hydrogen (secondary N) is 1. The fourth-order valence-corrected chi connectivity index (χ4v) is 4.94. The molecule has 0 amide bonds. The van der Waals surface area contributed by atoms with E-state index in [4.69, 9.17) is 9.47 Å². The predicted molar refractivity (Wildman–Crippen MR) is 143 cm³/mol. The summed E-state index contributed by atoms with van der Waals surface area (Å²) in [6.07, 6.45) is 5.00. The number of aromatic nitrogens is 3. The number of hydrogen-bond donors (Lipinski definition) is 1. The minimum Gasteiger partial charge on any atom is -0.492 e. The Hall–Kier alpha value is -3.53. The second kappa shape index (κ2) is 11.5. The number of likely N-dealkylation sites (tertiary alicyclic amines) is 1. The van der Waals surface area contributed by atoms with E-state index in [1.165, 1.54) is 6.07 Å². The maximum atomic E-state index is 14.9. The summed E-state index contributed by atoms with van der Waals surface area (Å²) in [5, 5.41) is 3.00. The number of anilines is 3. The average Bonchev–Trinajstić information content (AvgIpc) is 2.93. The van der Waals surface area contributed by atoms with Gasteiger partial charge in [0.1, 0.15) is 23.9 Å². The summed E-state index contributed by atoms with van der Waals surface area (Å²) in [6.45, 7) is 11.3. The summed E-state index contributed by atoms with van der Waals surface area (Å²) in [7, 11) is 0. The van der Waals surface area contributed by atoms with Gasteiger partial charge in [0.25, 0.3) is 0 Å². The van der Waals surface area contributed by atoms with Crippen LogP contribution in [0.25, 0.3) is 11.3 Å². The maximum Gasteiger partial charge on any atom is 0.229 e. The zero-order chi connectivity index (χ0) is 26.6.